The summed E-state index contributed by atoms with van der Waals surface area (Å²) in [6, 6.07) is 18.1. The summed E-state index contributed by atoms with van der Waals surface area (Å²) in [6.07, 6.45) is -0.496. The van der Waals surface area contributed by atoms with E-state index in [0.29, 0.717) is 13.2 Å². The molecule has 2 rings (SSSR count). The van der Waals surface area contributed by atoms with E-state index in [4.69, 9.17) is 4.74 Å². The van der Waals surface area contributed by atoms with Gasteiger partial charge >= 0.3 is 0 Å². The van der Waals surface area contributed by atoms with Crippen molar-refractivity contribution in [1.82, 2.24) is 5.32 Å². The van der Waals surface area contributed by atoms with Crippen LogP contribution in [-0.4, -0.2) is 36.7 Å². The van der Waals surface area contributed by atoms with E-state index in [1.807, 2.05) is 42.1 Å². The van der Waals surface area contributed by atoms with Gasteiger partial charge in [0.05, 0.1) is 0 Å². The third-order valence-electron chi connectivity index (χ3n) is 3.13. The second-order valence-corrected chi connectivity index (χ2v) is 6.31. The van der Waals surface area contributed by atoms with E-state index < -0.39 is 6.10 Å². The monoisotopic (exact) mass is 317 g/mol. The van der Waals surface area contributed by atoms with Gasteiger partial charge < -0.3 is 15.2 Å². The maximum atomic E-state index is 9.86. The smallest absolute Gasteiger partial charge is 0.119 e. The van der Waals surface area contributed by atoms with Gasteiger partial charge in [-0.25, -0.2) is 0 Å². The van der Waals surface area contributed by atoms with Crippen LogP contribution in [0.25, 0.3) is 0 Å². The zero-order chi connectivity index (χ0) is 15.6. The molecule has 0 aliphatic rings. The van der Waals surface area contributed by atoms with E-state index in [0.717, 1.165) is 18.0 Å². The molecule has 0 saturated carbocycles. The second kappa shape index (κ2) is 9.51. The molecule has 2 aromatic carbocycles. The number of hydrogen-bond donors (Lipinski definition) is 2. The van der Waals surface area contributed by atoms with Crippen molar-refractivity contribution in [2.75, 3.05) is 25.4 Å². The molecule has 0 amide bonds. The zero-order valence-corrected chi connectivity index (χ0v) is 13.7. The molecule has 0 radical (unpaired) electrons. The molecule has 0 fully saturated rings. The SMILES string of the molecule is Cc1ccc(SCCNC[C@H](O)COc2ccccc2)cc1. The average Bonchev–Trinajstić information content (AvgIpc) is 2.55. The number of aryl methyl sites for hydroxylation is 1. The number of benzene rings is 2. The van der Waals surface area contributed by atoms with E-state index in [2.05, 4.69) is 36.5 Å². The first-order valence-corrected chi connectivity index (χ1v) is 8.49. The maximum Gasteiger partial charge on any atom is 0.119 e. The lowest BCUT2D eigenvalue weighted by atomic mass is 10.2. The number of para-hydroxylation sites is 1. The number of ether oxygens (including phenoxy) is 1. The quantitative estimate of drug-likeness (QED) is 0.551. The number of rotatable bonds is 9. The summed E-state index contributed by atoms with van der Waals surface area (Å²) in [7, 11) is 0. The van der Waals surface area contributed by atoms with E-state index in [9.17, 15) is 5.11 Å². The van der Waals surface area contributed by atoms with Crippen molar-refractivity contribution in [2.45, 2.75) is 17.9 Å². The third-order valence-corrected chi connectivity index (χ3v) is 4.15. The Balaban J connectivity index is 1.53. The molecule has 0 heterocycles. The van der Waals surface area contributed by atoms with Crippen LogP contribution in [0.15, 0.2) is 59.5 Å². The predicted octanol–water partition coefficient (Wildman–Crippen LogP) is 3.12. The Bertz CT molecular complexity index is 531. The Morgan fingerprint density at radius 2 is 1.82 bits per heavy atom. The highest BCUT2D eigenvalue weighted by molar-refractivity contribution is 7.99. The van der Waals surface area contributed by atoms with Crippen molar-refractivity contribution in [2.24, 2.45) is 0 Å². The number of aliphatic hydroxyl groups excluding tert-OH is 1. The molecule has 3 nitrogen and oxygen atoms in total. The fraction of sp³-hybridized carbons (Fsp3) is 0.333. The van der Waals surface area contributed by atoms with Gasteiger partial charge in [0.1, 0.15) is 18.5 Å². The van der Waals surface area contributed by atoms with E-state index in [1.165, 1.54) is 10.5 Å². The molecule has 118 valence electrons. The first kappa shape index (κ1) is 16.9. The van der Waals surface area contributed by atoms with Crippen molar-refractivity contribution >= 4 is 11.8 Å². The summed E-state index contributed by atoms with van der Waals surface area (Å²) in [4.78, 5) is 1.28. The minimum Gasteiger partial charge on any atom is -0.491 e. The van der Waals surface area contributed by atoms with Crippen molar-refractivity contribution in [3.63, 3.8) is 0 Å². The first-order valence-electron chi connectivity index (χ1n) is 7.50. The van der Waals surface area contributed by atoms with Gasteiger partial charge in [0.2, 0.25) is 0 Å². The largest absolute Gasteiger partial charge is 0.491 e. The van der Waals surface area contributed by atoms with Gasteiger partial charge in [-0.3, -0.25) is 0 Å². The summed E-state index contributed by atoms with van der Waals surface area (Å²) < 4.78 is 5.51. The van der Waals surface area contributed by atoms with Crippen molar-refractivity contribution in [3.05, 3.63) is 60.2 Å². The Hall–Kier alpha value is -1.49. The first-order chi connectivity index (χ1) is 10.7. The fourth-order valence-electron chi connectivity index (χ4n) is 1.91. The summed E-state index contributed by atoms with van der Waals surface area (Å²) in [6.45, 7) is 3.80. The van der Waals surface area contributed by atoms with Crippen LogP contribution in [0.4, 0.5) is 0 Å². The molecule has 0 saturated heterocycles. The molecule has 4 heteroatoms. The Labute approximate surface area is 136 Å². The molecule has 0 aromatic heterocycles. The van der Waals surface area contributed by atoms with Crippen LogP contribution in [0.5, 0.6) is 5.75 Å². The summed E-state index contributed by atoms with van der Waals surface area (Å²) in [5, 5.41) is 13.1. The summed E-state index contributed by atoms with van der Waals surface area (Å²) in [5.41, 5.74) is 1.28. The van der Waals surface area contributed by atoms with Crippen LogP contribution in [0, 0.1) is 6.92 Å². The molecule has 0 unspecified atom stereocenters. The van der Waals surface area contributed by atoms with Crippen molar-refractivity contribution in [3.8, 4) is 5.75 Å². The molecule has 22 heavy (non-hydrogen) atoms. The highest BCUT2D eigenvalue weighted by atomic mass is 32.2. The van der Waals surface area contributed by atoms with Gasteiger partial charge in [0.15, 0.2) is 0 Å². The molecular weight excluding hydrogens is 294 g/mol. The van der Waals surface area contributed by atoms with E-state index in [1.54, 1.807) is 0 Å². The summed E-state index contributed by atoms with van der Waals surface area (Å²) >= 11 is 1.82. The van der Waals surface area contributed by atoms with Gasteiger partial charge in [0, 0.05) is 23.7 Å². The summed E-state index contributed by atoms with van der Waals surface area (Å²) in [5.74, 6) is 1.77. The molecule has 0 spiro atoms. The van der Waals surface area contributed by atoms with Crippen LogP contribution >= 0.6 is 11.8 Å². The lowest BCUT2D eigenvalue weighted by molar-refractivity contribution is 0.107. The minimum absolute atomic E-state index is 0.308. The van der Waals surface area contributed by atoms with Crippen molar-refractivity contribution in [1.29, 1.82) is 0 Å². The normalized spacial score (nSPS) is 12.1. The van der Waals surface area contributed by atoms with E-state index in [-0.39, 0.29) is 0 Å². The van der Waals surface area contributed by atoms with E-state index >= 15 is 0 Å². The predicted molar refractivity (Wildman–Crippen MR) is 92.7 cm³/mol. The highest BCUT2D eigenvalue weighted by Crippen LogP contribution is 2.17. The van der Waals surface area contributed by atoms with Crippen LogP contribution in [-0.2, 0) is 0 Å². The van der Waals surface area contributed by atoms with Crippen LogP contribution in [0.1, 0.15) is 5.56 Å². The van der Waals surface area contributed by atoms with Gasteiger partial charge in [0.25, 0.3) is 0 Å². The zero-order valence-electron chi connectivity index (χ0n) is 12.9. The minimum atomic E-state index is -0.496. The maximum absolute atomic E-state index is 9.86. The van der Waals surface area contributed by atoms with Crippen LogP contribution in [0.2, 0.25) is 0 Å². The van der Waals surface area contributed by atoms with Gasteiger partial charge in [-0.05, 0) is 31.2 Å². The van der Waals surface area contributed by atoms with Gasteiger partial charge in [-0.15, -0.1) is 11.8 Å². The molecule has 0 bridgehead atoms. The fourth-order valence-corrected chi connectivity index (χ4v) is 2.72. The number of thioether (sulfide) groups is 1. The topological polar surface area (TPSA) is 41.5 Å². The molecule has 1 atom stereocenters. The Morgan fingerprint density at radius 3 is 2.55 bits per heavy atom. The average molecular weight is 317 g/mol. The molecule has 2 aromatic rings. The second-order valence-electron chi connectivity index (χ2n) is 5.14. The lowest BCUT2D eigenvalue weighted by Gasteiger charge is -2.13. The van der Waals surface area contributed by atoms with Crippen LogP contribution in [0.3, 0.4) is 0 Å². The molecular formula is C18H23NO2S. The number of hydrogen-bond acceptors (Lipinski definition) is 4. The Morgan fingerprint density at radius 1 is 1.09 bits per heavy atom. The molecule has 0 aliphatic heterocycles. The van der Waals surface area contributed by atoms with Crippen molar-refractivity contribution < 1.29 is 9.84 Å². The highest BCUT2D eigenvalue weighted by Gasteiger charge is 2.04. The number of nitrogens with one attached hydrogen (secondary N) is 1. The van der Waals surface area contributed by atoms with Gasteiger partial charge in [-0.2, -0.15) is 0 Å². The lowest BCUT2D eigenvalue weighted by Crippen LogP contribution is -2.32. The Kier molecular flexibility index (Phi) is 7.30. The standard InChI is InChI=1S/C18H23NO2S/c1-15-7-9-18(10-8-15)22-12-11-19-13-16(20)14-21-17-5-3-2-4-6-17/h2-10,16,19-20H,11-14H2,1H3/t16-/m0/s1. The third kappa shape index (κ3) is 6.52. The molecule has 0 aliphatic carbocycles. The number of aliphatic hydroxyl groups is 1. The molecule has 2 N–H and O–H groups in total. The van der Waals surface area contributed by atoms with Crippen LogP contribution < -0.4 is 10.1 Å². The van der Waals surface area contributed by atoms with Gasteiger partial charge in [-0.1, -0.05) is 35.9 Å².